The fourth-order valence-corrected chi connectivity index (χ4v) is 4.00. The molecule has 0 saturated carbocycles. The van der Waals surface area contributed by atoms with Gasteiger partial charge in [0.1, 0.15) is 0 Å². The number of hydrogen-bond donors (Lipinski definition) is 0. The zero-order valence-electron chi connectivity index (χ0n) is 17.3. The van der Waals surface area contributed by atoms with Crippen molar-refractivity contribution >= 4 is 17.5 Å². The maximum atomic E-state index is 13.3. The normalized spacial score (nSPS) is 12.9. The number of aryl methyl sites for hydroxylation is 1. The van der Waals surface area contributed by atoms with Gasteiger partial charge in [0.15, 0.2) is 0 Å². The third-order valence-electron chi connectivity index (χ3n) is 5.60. The Balaban J connectivity index is 1.56. The minimum atomic E-state index is -0.0601. The third kappa shape index (κ3) is 4.13. The van der Waals surface area contributed by atoms with Crippen molar-refractivity contribution in [2.75, 3.05) is 18.0 Å². The summed E-state index contributed by atoms with van der Waals surface area (Å²) in [5.41, 5.74) is 4.36. The van der Waals surface area contributed by atoms with Gasteiger partial charge in [0.05, 0.1) is 0 Å². The first-order chi connectivity index (χ1) is 14.7. The fraction of sp³-hybridized carbons (Fsp3) is 0.231. The number of rotatable bonds is 5. The molecule has 1 aliphatic rings. The molecule has 0 saturated heterocycles. The molecule has 0 spiro atoms. The van der Waals surface area contributed by atoms with Gasteiger partial charge in [-0.15, -0.1) is 0 Å². The van der Waals surface area contributed by atoms with Crippen LogP contribution in [0.5, 0.6) is 0 Å². The molecule has 3 aromatic rings. The van der Waals surface area contributed by atoms with E-state index in [0.29, 0.717) is 30.8 Å². The van der Waals surface area contributed by atoms with E-state index in [1.807, 2.05) is 60.4 Å². The predicted octanol–water partition coefficient (Wildman–Crippen LogP) is 4.94. The summed E-state index contributed by atoms with van der Waals surface area (Å²) in [6, 6.07) is 25.1. The summed E-state index contributed by atoms with van der Waals surface area (Å²) in [5.74, 6) is -0.113. The van der Waals surface area contributed by atoms with Crippen LogP contribution in [0.1, 0.15) is 45.2 Å². The molecule has 0 atom stereocenters. The second-order valence-corrected chi connectivity index (χ2v) is 7.57. The maximum absolute atomic E-state index is 13.3. The van der Waals surface area contributed by atoms with Crippen LogP contribution in [-0.2, 0) is 13.0 Å². The lowest BCUT2D eigenvalue weighted by Crippen LogP contribution is -2.35. The van der Waals surface area contributed by atoms with Gasteiger partial charge in [0.2, 0.25) is 0 Å². The average molecular weight is 399 g/mol. The Morgan fingerprint density at radius 2 is 1.63 bits per heavy atom. The zero-order chi connectivity index (χ0) is 20.9. The predicted molar refractivity (Wildman–Crippen MR) is 120 cm³/mol. The Labute approximate surface area is 177 Å². The van der Waals surface area contributed by atoms with Crippen LogP contribution >= 0.6 is 0 Å². The van der Waals surface area contributed by atoms with Crippen LogP contribution in [0.4, 0.5) is 5.69 Å². The molecule has 0 aromatic heterocycles. The molecule has 0 radical (unpaired) electrons. The average Bonchev–Trinajstić information content (AvgIpc) is 2.82. The molecule has 0 bridgehead atoms. The van der Waals surface area contributed by atoms with Crippen LogP contribution in [0.2, 0.25) is 0 Å². The first kappa shape index (κ1) is 19.9. The van der Waals surface area contributed by atoms with Gasteiger partial charge in [-0.2, -0.15) is 0 Å². The van der Waals surface area contributed by atoms with Gasteiger partial charge in [-0.1, -0.05) is 54.6 Å². The SMILES string of the molecule is CCN(Cc1ccccc1)C(=O)c1cccc(C(=O)N2CCCc3ccccc32)c1. The number of carbonyl (C=O) groups excluding carboxylic acids is 2. The second kappa shape index (κ2) is 8.95. The molecular weight excluding hydrogens is 372 g/mol. The number of hydrogen-bond acceptors (Lipinski definition) is 2. The molecular formula is C26H26N2O2. The van der Waals surface area contributed by atoms with E-state index >= 15 is 0 Å². The smallest absolute Gasteiger partial charge is 0.258 e. The lowest BCUT2D eigenvalue weighted by molar-refractivity contribution is 0.0752. The van der Waals surface area contributed by atoms with Gasteiger partial charge in [0.25, 0.3) is 11.8 Å². The Morgan fingerprint density at radius 3 is 2.43 bits per heavy atom. The molecule has 3 aromatic carbocycles. The molecule has 1 aliphatic heterocycles. The lowest BCUT2D eigenvalue weighted by atomic mass is 10.0. The first-order valence-corrected chi connectivity index (χ1v) is 10.5. The van der Waals surface area contributed by atoms with Crippen molar-refractivity contribution in [3.8, 4) is 0 Å². The molecule has 0 N–H and O–H groups in total. The van der Waals surface area contributed by atoms with Crippen LogP contribution in [0.15, 0.2) is 78.9 Å². The number of fused-ring (bicyclic) bond motifs is 1. The number of anilines is 1. The number of nitrogens with zero attached hydrogens (tertiary/aromatic N) is 2. The highest BCUT2D eigenvalue weighted by Crippen LogP contribution is 2.28. The standard InChI is InChI=1S/C26H26N2O2/c1-2-27(19-20-10-4-3-5-11-20)25(29)22-13-8-14-23(18-22)26(30)28-17-9-15-21-12-6-7-16-24(21)28/h3-8,10-14,16,18H,2,9,15,17,19H2,1H3. The number of benzene rings is 3. The minimum Gasteiger partial charge on any atom is -0.335 e. The molecule has 2 amide bonds. The zero-order valence-corrected chi connectivity index (χ0v) is 17.3. The molecule has 0 unspecified atom stereocenters. The van der Waals surface area contributed by atoms with Crippen LogP contribution in [0.3, 0.4) is 0 Å². The topological polar surface area (TPSA) is 40.6 Å². The number of amides is 2. The molecule has 0 aliphatic carbocycles. The Kier molecular flexibility index (Phi) is 5.94. The molecule has 1 heterocycles. The Morgan fingerprint density at radius 1 is 0.900 bits per heavy atom. The van der Waals surface area contributed by atoms with Crippen LogP contribution in [0, 0.1) is 0 Å². The summed E-state index contributed by atoms with van der Waals surface area (Å²) < 4.78 is 0. The van der Waals surface area contributed by atoms with Crippen molar-refractivity contribution in [3.63, 3.8) is 0 Å². The molecule has 0 fully saturated rings. The number of para-hydroxylation sites is 1. The van der Waals surface area contributed by atoms with E-state index in [4.69, 9.17) is 0 Å². The largest absolute Gasteiger partial charge is 0.335 e. The van der Waals surface area contributed by atoms with Crippen molar-refractivity contribution < 1.29 is 9.59 Å². The minimum absolute atomic E-state index is 0.0529. The second-order valence-electron chi connectivity index (χ2n) is 7.57. The molecule has 4 rings (SSSR count). The van der Waals surface area contributed by atoms with E-state index in [9.17, 15) is 9.59 Å². The van der Waals surface area contributed by atoms with Gasteiger partial charge < -0.3 is 9.80 Å². The summed E-state index contributed by atoms with van der Waals surface area (Å²) in [5, 5.41) is 0. The lowest BCUT2D eigenvalue weighted by Gasteiger charge is -2.29. The van der Waals surface area contributed by atoms with Gasteiger partial charge in [-0.25, -0.2) is 0 Å². The summed E-state index contributed by atoms with van der Waals surface area (Å²) in [7, 11) is 0. The van der Waals surface area contributed by atoms with Crippen molar-refractivity contribution in [1.29, 1.82) is 0 Å². The molecule has 30 heavy (non-hydrogen) atoms. The maximum Gasteiger partial charge on any atom is 0.258 e. The first-order valence-electron chi connectivity index (χ1n) is 10.5. The Bertz CT molecular complexity index is 1050. The number of carbonyl (C=O) groups is 2. The third-order valence-corrected chi connectivity index (χ3v) is 5.60. The van der Waals surface area contributed by atoms with Crippen LogP contribution in [-0.4, -0.2) is 29.8 Å². The molecule has 4 nitrogen and oxygen atoms in total. The van der Waals surface area contributed by atoms with E-state index in [1.54, 1.807) is 29.2 Å². The van der Waals surface area contributed by atoms with Gasteiger partial charge >= 0.3 is 0 Å². The monoisotopic (exact) mass is 398 g/mol. The summed E-state index contributed by atoms with van der Waals surface area (Å²) >= 11 is 0. The van der Waals surface area contributed by atoms with Crippen molar-refractivity contribution in [1.82, 2.24) is 4.90 Å². The van der Waals surface area contributed by atoms with Crippen molar-refractivity contribution in [2.45, 2.75) is 26.3 Å². The van der Waals surface area contributed by atoms with E-state index in [1.165, 1.54) is 5.56 Å². The highest BCUT2D eigenvalue weighted by atomic mass is 16.2. The van der Waals surface area contributed by atoms with E-state index in [-0.39, 0.29) is 11.8 Å². The van der Waals surface area contributed by atoms with Crippen molar-refractivity contribution in [2.24, 2.45) is 0 Å². The van der Waals surface area contributed by atoms with Gasteiger partial charge in [-0.3, -0.25) is 9.59 Å². The quantitative estimate of drug-likeness (QED) is 0.611. The molecule has 4 heteroatoms. The molecule has 152 valence electrons. The highest BCUT2D eigenvalue weighted by molar-refractivity contribution is 6.08. The van der Waals surface area contributed by atoms with E-state index in [2.05, 4.69) is 6.07 Å². The van der Waals surface area contributed by atoms with Crippen LogP contribution in [0.25, 0.3) is 0 Å². The van der Waals surface area contributed by atoms with Crippen LogP contribution < -0.4 is 4.90 Å². The Hall–Kier alpha value is -3.40. The summed E-state index contributed by atoms with van der Waals surface area (Å²) in [6.07, 6.45) is 1.94. The summed E-state index contributed by atoms with van der Waals surface area (Å²) in [4.78, 5) is 30.0. The summed E-state index contributed by atoms with van der Waals surface area (Å²) in [6.45, 7) is 3.82. The fourth-order valence-electron chi connectivity index (χ4n) is 4.00. The van der Waals surface area contributed by atoms with Gasteiger partial charge in [0, 0.05) is 36.4 Å². The van der Waals surface area contributed by atoms with E-state index in [0.717, 1.165) is 24.1 Å². The van der Waals surface area contributed by atoms with E-state index < -0.39 is 0 Å². The van der Waals surface area contributed by atoms with Crippen molar-refractivity contribution in [3.05, 3.63) is 101 Å². The highest BCUT2D eigenvalue weighted by Gasteiger charge is 2.24. The van der Waals surface area contributed by atoms with Gasteiger partial charge in [-0.05, 0) is 55.2 Å².